The summed E-state index contributed by atoms with van der Waals surface area (Å²) in [5, 5.41) is 1.28. The highest BCUT2D eigenvalue weighted by Crippen LogP contribution is 1.85. The van der Waals surface area contributed by atoms with Gasteiger partial charge < -0.3 is 9.57 Å². The molecule has 0 aliphatic carbocycles. The van der Waals surface area contributed by atoms with Crippen LogP contribution in [0.3, 0.4) is 0 Å². The lowest BCUT2D eigenvalue weighted by Gasteiger charge is -2.08. The summed E-state index contributed by atoms with van der Waals surface area (Å²) in [5.74, 6) is 0. The van der Waals surface area contributed by atoms with Gasteiger partial charge in [-0.05, 0) is 6.92 Å². The minimum Gasteiger partial charge on any atom is -0.433 e. The molecule has 0 amide bonds. The summed E-state index contributed by atoms with van der Waals surface area (Å²) in [7, 11) is 3.22. The first-order valence-corrected chi connectivity index (χ1v) is 2.69. The molecule has 0 rings (SSSR count). The molecule has 0 unspecified atom stereocenters. The van der Waals surface area contributed by atoms with Crippen molar-refractivity contribution in [1.29, 1.82) is 0 Å². The van der Waals surface area contributed by atoms with E-state index in [0.29, 0.717) is 6.61 Å². The van der Waals surface area contributed by atoms with Gasteiger partial charge in [0.1, 0.15) is 0 Å². The van der Waals surface area contributed by atoms with Crippen LogP contribution in [0.15, 0.2) is 0 Å². The molecule has 0 aromatic heterocycles. The highest BCUT2D eigenvalue weighted by atomic mass is 16.8. The summed E-state index contributed by atoms with van der Waals surface area (Å²) in [6.07, 6.45) is -0.664. The van der Waals surface area contributed by atoms with Crippen LogP contribution in [0, 0.1) is 0 Å². The van der Waals surface area contributed by atoms with Crippen molar-refractivity contribution in [1.82, 2.24) is 5.06 Å². The van der Waals surface area contributed by atoms with Crippen molar-refractivity contribution in [2.45, 2.75) is 6.92 Å². The fourth-order valence-electron chi connectivity index (χ4n) is 0.293. The van der Waals surface area contributed by atoms with Crippen molar-refractivity contribution in [3.63, 3.8) is 0 Å². The van der Waals surface area contributed by atoms with Gasteiger partial charge >= 0.3 is 6.16 Å². The molecule has 0 aromatic carbocycles. The number of nitrogens with zero attached hydrogens (tertiary/aromatic N) is 1. The molecule has 54 valence electrons. The van der Waals surface area contributed by atoms with Crippen LogP contribution in [0.1, 0.15) is 6.92 Å². The van der Waals surface area contributed by atoms with Crippen LogP contribution in [-0.2, 0) is 9.57 Å². The summed E-state index contributed by atoms with van der Waals surface area (Å²) >= 11 is 0. The van der Waals surface area contributed by atoms with Gasteiger partial charge in [0.15, 0.2) is 0 Å². The number of hydrogen-bond donors (Lipinski definition) is 0. The van der Waals surface area contributed by atoms with Gasteiger partial charge in [0.2, 0.25) is 0 Å². The molecule has 4 heteroatoms. The van der Waals surface area contributed by atoms with Crippen LogP contribution in [0.4, 0.5) is 4.79 Å². The molecular formula is C5H11NO3. The molecular weight excluding hydrogens is 122 g/mol. The Kier molecular flexibility index (Phi) is 3.79. The maximum absolute atomic E-state index is 10.4. The van der Waals surface area contributed by atoms with E-state index in [0.717, 1.165) is 0 Å². The van der Waals surface area contributed by atoms with E-state index in [1.165, 1.54) is 5.06 Å². The second-order valence-corrected chi connectivity index (χ2v) is 1.59. The van der Waals surface area contributed by atoms with E-state index in [4.69, 9.17) is 0 Å². The van der Waals surface area contributed by atoms with Gasteiger partial charge in [-0.15, -0.1) is 5.06 Å². The quantitative estimate of drug-likeness (QED) is 0.409. The number of hydroxylamine groups is 2. The number of hydrogen-bond acceptors (Lipinski definition) is 4. The standard InChI is InChI=1S/C5H11NO3/c1-4-8-5(7)9-6(2)3/h4H2,1-3H3. The van der Waals surface area contributed by atoms with Crippen LogP contribution in [0.5, 0.6) is 0 Å². The van der Waals surface area contributed by atoms with Gasteiger partial charge in [0.05, 0.1) is 6.61 Å². The zero-order valence-electron chi connectivity index (χ0n) is 5.88. The SMILES string of the molecule is CCOC(=O)ON(C)C. The molecule has 0 saturated carbocycles. The molecule has 0 atom stereocenters. The molecule has 0 heterocycles. The van der Waals surface area contributed by atoms with E-state index < -0.39 is 6.16 Å². The first-order valence-electron chi connectivity index (χ1n) is 2.69. The smallest absolute Gasteiger partial charge is 0.433 e. The van der Waals surface area contributed by atoms with E-state index in [1.807, 2.05) is 0 Å². The molecule has 0 aromatic rings. The highest BCUT2D eigenvalue weighted by molar-refractivity contribution is 5.59. The van der Waals surface area contributed by atoms with Crippen molar-refractivity contribution in [2.24, 2.45) is 0 Å². The molecule has 0 aliphatic heterocycles. The van der Waals surface area contributed by atoms with Crippen LogP contribution < -0.4 is 0 Å². The molecule has 0 N–H and O–H groups in total. The minimum absolute atomic E-state index is 0.340. The zero-order valence-corrected chi connectivity index (χ0v) is 5.88. The van der Waals surface area contributed by atoms with Gasteiger partial charge in [-0.1, -0.05) is 0 Å². The Balaban J connectivity index is 3.27. The monoisotopic (exact) mass is 133 g/mol. The van der Waals surface area contributed by atoms with Gasteiger partial charge in [0.25, 0.3) is 0 Å². The molecule has 0 aliphatic rings. The third kappa shape index (κ3) is 5.10. The third-order valence-corrected chi connectivity index (χ3v) is 0.519. The average Bonchev–Trinajstić information content (AvgIpc) is 1.63. The Morgan fingerprint density at radius 3 is 2.44 bits per heavy atom. The van der Waals surface area contributed by atoms with Crippen molar-refractivity contribution in [3.05, 3.63) is 0 Å². The topological polar surface area (TPSA) is 38.8 Å². The Morgan fingerprint density at radius 2 is 2.11 bits per heavy atom. The van der Waals surface area contributed by atoms with E-state index in [2.05, 4.69) is 9.57 Å². The summed E-state index contributed by atoms with van der Waals surface area (Å²) in [6.45, 7) is 2.06. The lowest BCUT2D eigenvalue weighted by molar-refractivity contribution is -0.0904. The largest absolute Gasteiger partial charge is 0.527 e. The molecule has 4 nitrogen and oxygen atoms in total. The summed E-state index contributed by atoms with van der Waals surface area (Å²) in [4.78, 5) is 14.8. The fourth-order valence-corrected chi connectivity index (χ4v) is 0.293. The number of rotatable bonds is 2. The second kappa shape index (κ2) is 4.14. The van der Waals surface area contributed by atoms with Gasteiger partial charge in [-0.3, -0.25) is 0 Å². The molecule has 0 bridgehead atoms. The van der Waals surface area contributed by atoms with Crippen LogP contribution in [0.2, 0.25) is 0 Å². The number of carbonyl (C=O) groups is 1. The molecule has 9 heavy (non-hydrogen) atoms. The summed E-state index contributed by atoms with van der Waals surface area (Å²) in [6, 6.07) is 0. The zero-order chi connectivity index (χ0) is 7.28. The van der Waals surface area contributed by atoms with Crippen molar-refractivity contribution in [2.75, 3.05) is 20.7 Å². The van der Waals surface area contributed by atoms with Crippen molar-refractivity contribution in [3.8, 4) is 0 Å². The highest BCUT2D eigenvalue weighted by Gasteiger charge is 2.01. The lowest BCUT2D eigenvalue weighted by atomic mass is 10.9. The first kappa shape index (κ1) is 8.23. The Hall–Kier alpha value is -0.770. The van der Waals surface area contributed by atoms with Crippen molar-refractivity contribution >= 4 is 6.16 Å². The fraction of sp³-hybridized carbons (Fsp3) is 0.800. The van der Waals surface area contributed by atoms with Crippen molar-refractivity contribution < 1.29 is 14.4 Å². The summed E-state index contributed by atoms with van der Waals surface area (Å²) < 4.78 is 4.45. The first-order chi connectivity index (χ1) is 4.16. The average molecular weight is 133 g/mol. The third-order valence-electron chi connectivity index (χ3n) is 0.519. The van der Waals surface area contributed by atoms with Gasteiger partial charge in [0, 0.05) is 14.1 Å². The predicted octanol–water partition coefficient (Wildman–Crippen LogP) is 0.636. The van der Waals surface area contributed by atoms with E-state index in [-0.39, 0.29) is 0 Å². The van der Waals surface area contributed by atoms with E-state index >= 15 is 0 Å². The Bertz CT molecular complexity index is 92.2. The van der Waals surface area contributed by atoms with Crippen LogP contribution in [-0.4, -0.2) is 31.9 Å². The predicted molar refractivity (Wildman–Crippen MR) is 31.8 cm³/mol. The maximum Gasteiger partial charge on any atom is 0.527 e. The Morgan fingerprint density at radius 1 is 1.56 bits per heavy atom. The maximum atomic E-state index is 10.4. The molecule has 0 spiro atoms. The molecule has 0 saturated heterocycles. The number of ether oxygens (including phenoxy) is 1. The van der Waals surface area contributed by atoms with E-state index in [1.54, 1.807) is 21.0 Å². The van der Waals surface area contributed by atoms with E-state index in [9.17, 15) is 4.79 Å². The lowest BCUT2D eigenvalue weighted by Crippen LogP contribution is -2.19. The second-order valence-electron chi connectivity index (χ2n) is 1.59. The molecule has 0 fully saturated rings. The van der Waals surface area contributed by atoms with Gasteiger partial charge in [-0.25, -0.2) is 4.79 Å². The number of carbonyl (C=O) groups excluding carboxylic acids is 1. The van der Waals surface area contributed by atoms with Crippen LogP contribution in [0.25, 0.3) is 0 Å². The van der Waals surface area contributed by atoms with Gasteiger partial charge in [-0.2, -0.15) is 0 Å². The Labute approximate surface area is 54.3 Å². The van der Waals surface area contributed by atoms with Crippen LogP contribution >= 0.6 is 0 Å². The minimum atomic E-state index is -0.664. The summed E-state index contributed by atoms with van der Waals surface area (Å²) in [5.41, 5.74) is 0. The molecule has 0 radical (unpaired) electrons. The normalized spacial score (nSPS) is 9.33.